The summed E-state index contributed by atoms with van der Waals surface area (Å²) in [5, 5.41) is 14.9. The minimum Gasteiger partial charge on any atom is -0.456 e. The second-order valence-corrected chi connectivity index (χ2v) is 18.4. The lowest BCUT2D eigenvalue weighted by molar-refractivity contribution is -0.00970. The van der Waals surface area contributed by atoms with Crippen molar-refractivity contribution in [3.63, 3.8) is 0 Å². The third kappa shape index (κ3) is 4.86. The van der Waals surface area contributed by atoms with Crippen LogP contribution in [0.2, 0.25) is 0 Å². The van der Waals surface area contributed by atoms with Gasteiger partial charge in [-0.05, 0) is 123 Å². The first-order valence-corrected chi connectivity index (χ1v) is 20.4. The van der Waals surface area contributed by atoms with Crippen LogP contribution in [-0.4, -0.2) is 19.5 Å². The van der Waals surface area contributed by atoms with Gasteiger partial charge in [0.05, 0.1) is 33.7 Å². The van der Waals surface area contributed by atoms with E-state index < -0.39 is 0 Å². The maximum atomic E-state index is 10.4. The lowest BCUT2D eigenvalue weighted by Gasteiger charge is -2.56. The van der Waals surface area contributed by atoms with Gasteiger partial charge in [-0.2, -0.15) is 5.26 Å². The number of rotatable bonds is 4. The third-order valence-corrected chi connectivity index (χ3v) is 14.2. The summed E-state index contributed by atoms with van der Waals surface area (Å²) in [7, 11) is 0. The average Bonchev–Trinajstić information content (AvgIpc) is 3.67. The maximum absolute atomic E-state index is 10.4. The molecule has 6 heteroatoms. The fourth-order valence-electron chi connectivity index (χ4n) is 12.5. The Morgan fingerprint density at radius 2 is 1.37 bits per heavy atom. The number of para-hydroxylation sites is 2. The van der Waals surface area contributed by atoms with E-state index in [2.05, 4.69) is 92.1 Å². The minimum atomic E-state index is -0.161. The Bertz CT molecular complexity index is 2640. The van der Waals surface area contributed by atoms with Crippen molar-refractivity contribution in [2.24, 2.45) is 29.6 Å². The molecule has 5 fully saturated rings. The number of fused-ring (bicyclic) bond motifs is 7. The van der Waals surface area contributed by atoms with E-state index in [1.54, 1.807) is 0 Å². The van der Waals surface area contributed by atoms with Crippen LogP contribution in [0.3, 0.4) is 0 Å². The molecule has 0 radical (unpaired) electrons. The third-order valence-electron chi connectivity index (χ3n) is 14.2. The summed E-state index contributed by atoms with van der Waals surface area (Å²) in [5.41, 5.74) is 6.23. The molecule has 54 heavy (non-hydrogen) atoms. The predicted octanol–water partition coefficient (Wildman–Crippen LogP) is 12.0. The average molecular weight is 710 g/mol. The summed E-state index contributed by atoms with van der Waals surface area (Å²) in [6.45, 7) is 7.25. The maximum Gasteiger partial charge on any atom is 0.165 e. The van der Waals surface area contributed by atoms with Gasteiger partial charge in [-0.1, -0.05) is 70.0 Å². The molecule has 7 aromatic rings. The fourth-order valence-corrected chi connectivity index (χ4v) is 12.5. The predicted molar refractivity (Wildman–Crippen MR) is 216 cm³/mol. The number of furan rings is 1. The number of benzene rings is 4. The Morgan fingerprint density at radius 3 is 2.09 bits per heavy atom. The standard InChI is InChI=1S/C48H47N5O/c1-28-12-13-29(2)23-47(3,22-28)45-50-44(51-46(52-45)48-24-31-18-32(25-48)20-33(19-31)26-48)37-21-30(27-49)14-16-39(37)53-38-10-6-4-8-34(38)35-15-17-41-42(43(35)53)36-9-5-7-11-40(36)54-41/h4-11,14-17,21,28-29,31-33H,12-13,18-20,22-26H2,1-3H3/t28-,29?,31?,32?,33?,47?,48?/m1/s1. The minimum absolute atomic E-state index is 0.00122. The zero-order valence-electron chi connectivity index (χ0n) is 31.6. The van der Waals surface area contributed by atoms with Gasteiger partial charge in [0.15, 0.2) is 5.82 Å². The highest BCUT2D eigenvalue weighted by atomic mass is 16.3. The molecule has 4 bridgehead atoms. The van der Waals surface area contributed by atoms with Crippen LogP contribution in [0.25, 0.3) is 60.8 Å². The van der Waals surface area contributed by atoms with Crippen LogP contribution in [-0.2, 0) is 10.8 Å². The van der Waals surface area contributed by atoms with Crippen molar-refractivity contribution in [1.29, 1.82) is 5.26 Å². The molecule has 0 aliphatic heterocycles. The van der Waals surface area contributed by atoms with Crippen LogP contribution < -0.4 is 0 Å². The normalized spacial score (nSPS) is 29.3. The first-order chi connectivity index (χ1) is 26.3. The van der Waals surface area contributed by atoms with Gasteiger partial charge in [0, 0.05) is 32.6 Å². The first-order valence-electron chi connectivity index (χ1n) is 20.4. The molecule has 0 N–H and O–H groups in total. The first kappa shape index (κ1) is 32.4. The number of aromatic nitrogens is 4. The molecule has 6 nitrogen and oxygen atoms in total. The van der Waals surface area contributed by atoms with Gasteiger partial charge >= 0.3 is 0 Å². The Labute approximate surface area is 316 Å². The summed E-state index contributed by atoms with van der Waals surface area (Å²) < 4.78 is 8.85. The van der Waals surface area contributed by atoms with E-state index in [1.165, 1.54) is 62.1 Å². The van der Waals surface area contributed by atoms with E-state index in [9.17, 15) is 5.26 Å². The summed E-state index contributed by atoms with van der Waals surface area (Å²) in [4.78, 5) is 16.9. The zero-order valence-corrected chi connectivity index (χ0v) is 31.6. The van der Waals surface area contributed by atoms with E-state index in [-0.39, 0.29) is 10.8 Å². The summed E-state index contributed by atoms with van der Waals surface area (Å²) in [5.74, 6) is 6.21. The smallest absolute Gasteiger partial charge is 0.165 e. The molecular weight excluding hydrogens is 663 g/mol. The van der Waals surface area contributed by atoms with Crippen molar-refractivity contribution in [3.05, 3.63) is 96.1 Å². The quantitative estimate of drug-likeness (QED) is 0.170. The van der Waals surface area contributed by atoms with Gasteiger partial charge in [-0.15, -0.1) is 0 Å². The van der Waals surface area contributed by atoms with E-state index in [1.807, 2.05) is 18.2 Å². The second kappa shape index (κ2) is 11.7. The molecule has 0 spiro atoms. The Balaban J connectivity index is 1.21. The SMILES string of the molecule is CC1CC[C@@H](C)CC(C)(c2nc(-c3cc(C#N)ccc3-n3c4ccccc4c4ccc5oc6ccccc6c5c43)nc(C34CC5CC(CC(C5)C3)C4)n2)C1. The zero-order chi connectivity index (χ0) is 36.3. The highest BCUT2D eigenvalue weighted by Crippen LogP contribution is 2.60. The van der Waals surface area contributed by atoms with Gasteiger partial charge in [0.2, 0.25) is 0 Å². The van der Waals surface area contributed by atoms with Gasteiger partial charge in [-0.3, -0.25) is 0 Å². The molecule has 270 valence electrons. The molecule has 12 rings (SSSR count). The molecule has 3 atom stereocenters. The molecule has 5 saturated carbocycles. The molecule has 0 amide bonds. The number of nitriles is 1. The van der Waals surface area contributed by atoms with Crippen LogP contribution in [0.15, 0.2) is 83.3 Å². The van der Waals surface area contributed by atoms with Crippen LogP contribution in [0.5, 0.6) is 0 Å². The molecule has 3 heterocycles. The lowest BCUT2D eigenvalue weighted by atomic mass is 9.49. The van der Waals surface area contributed by atoms with E-state index in [0.29, 0.717) is 23.2 Å². The van der Waals surface area contributed by atoms with Gasteiger partial charge < -0.3 is 8.98 Å². The number of hydrogen-bond acceptors (Lipinski definition) is 5. The van der Waals surface area contributed by atoms with Crippen molar-refractivity contribution < 1.29 is 4.42 Å². The van der Waals surface area contributed by atoms with E-state index in [0.717, 1.165) is 86.5 Å². The highest BCUT2D eigenvalue weighted by Gasteiger charge is 2.54. The molecule has 2 unspecified atom stereocenters. The van der Waals surface area contributed by atoms with Gasteiger partial charge in [0.25, 0.3) is 0 Å². The van der Waals surface area contributed by atoms with Crippen molar-refractivity contribution in [3.8, 4) is 23.1 Å². The topological polar surface area (TPSA) is 80.5 Å². The highest BCUT2D eigenvalue weighted by molar-refractivity contribution is 6.24. The Morgan fingerprint density at radius 1 is 0.704 bits per heavy atom. The van der Waals surface area contributed by atoms with Gasteiger partial charge in [-0.25, -0.2) is 15.0 Å². The summed E-state index contributed by atoms with van der Waals surface area (Å²) in [6.07, 6.45) is 12.3. The fraction of sp³-hybridized carbons (Fsp3) is 0.417. The summed E-state index contributed by atoms with van der Waals surface area (Å²) in [6, 6.07) is 29.9. The molecule has 3 aromatic heterocycles. The largest absolute Gasteiger partial charge is 0.456 e. The Kier molecular flexibility index (Phi) is 7.05. The molecule has 0 saturated heterocycles. The molecule has 5 aliphatic carbocycles. The number of hydrogen-bond donors (Lipinski definition) is 0. The van der Waals surface area contributed by atoms with Gasteiger partial charge in [0.1, 0.15) is 22.8 Å². The van der Waals surface area contributed by atoms with Crippen LogP contribution in [0.4, 0.5) is 0 Å². The molecule has 4 aromatic carbocycles. The molecular formula is C48H47N5O. The van der Waals surface area contributed by atoms with Crippen molar-refractivity contribution in [1.82, 2.24) is 19.5 Å². The van der Waals surface area contributed by atoms with Crippen LogP contribution in [0.1, 0.15) is 102 Å². The van der Waals surface area contributed by atoms with Crippen molar-refractivity contribution >= 4 is 43.7 Å². The lowest BCUT2D eigenvalue weighted by Crippen LogP contribution is -2.49. The number of nitrogens with zero attached hydrogens (tertiary/aromatic N) is 5. The van der Waals surface area contributed by atoms with Crippen molar-refractivity contribution in [2.45, 2.75) is 95.8 Å². The van der Waals surface area contributed by atoms with Crippen LogP contribution >= 0.6 is 0 Å². The Hall–Kier alpha value is -5.02. The van der Waals surface area contributed by atoms with Crippen LogP contribution in [0, 0.1) is 40.9 Å². The molecule has 5 aliphatic rings. The van der Waals surface area contributed by atoms with Crippen molar-refractivity contribution in [2.75, 3.05) is 0 Å². The van der Waals surface area contributed by atoms with E-state index >= 15 is 0 Å². The summed E-state index contributed by atoms with van der Waals surface area (Å²) >= 11 is 0. The monoisotopic (exact) mass is 709 g/mol. The second-order valence-electron chi connectivity index (χ2n) is 18.4. The van der Waals surface area contributed by atoms with E-state index in [4.69, 9.17) is 19.4 Å².